The van der Waals surface area contributed by atoms with Crippen LogP contribution >= 0.6 is 0 Å². The molecule has 3 nitrogen and oxygen atoms in total. The monoisotopic (exact) mass is 266 g/mol. The summed E-state index contributed by atoms with van der Waals surface area (Å²) in [6.07, 6.45) is 3.36. The van der Waals surface area contributed by atoms with Gasteiger partial charge >= 0.3 is 0 Å². The zero-order valence-electron chi connectivity index (χ0n) is 11.8. The van der Waals surface area contributed by atoms with Crippen molar-refractivity contribution in [2.75, 3.05) is 33.8 Å². The van der Waals surface area contributed by atoms with Crippen LogP contribution in [-0.4, -0.2) is 44.7 Å². The summed E-state index contributed by atoms with van der Waals surface area (Å²) in [5, 5.41) is 3.42. The molecule has 0 aromatic heterocycles. The molecule has 1 unspecified atom stereocenters. The summed E-state index contributed by atoms with van der Waals surface area (Å²) in [4.78, 5) is 2.37. The van der Waals surface area contributed by atoms with Gasteiger partial charge in [-0.1, -0.05) is 6.07 Å². The van der Waals surface area contributed by atoms with Crippen molar-refractivity contribution in [3.63, 3.8) is 0 Å². The van der Waals surface area contributed by atoms with E-state index in [0.717, 1.165) is 31.6 Å². The first-order valence-corrected chi connectivity index (χ1v) is 6.94. The van der Waals surface area contributed by atoms with Crippen molar-refractivity contribution in [3.05, 3.63) is 29.6 Å². The highest BCUT2D eigenvalue weighted by Crippen LogP contribution is 2.18. The zero-order chi connectivity index (χ0) is 13.7. The summed E-state index contributed by atoms with van der Waals surface area (Å²) in [6.45, 7) is 3.15. The van der Waals surface area contributed by atoms with Gasteiger partial charge in [0, 0.05) is 19.1 Å². The van der Waals surface area contributed by atoms with Crippen molar-refractivity contribution in [1.29, 1.82) is 0 Å². The molecule has 106 valence electrons. The van der Waals surface area contributed by atoms with Gasteiger partial charge in [0.2, 0.25) is 0 Å². The first-order chi connectivity index (χ1) is 9.20. The van der Waals surface area contributed by atoms with E-state index in [2.05, 4.69) is 17.3 Å². The SMILES string of the molecule is COc1ccc(CCN(C)C2CCCNC2)cc1F. The largest absolute Gasteiger partial charge is 0.494 e. The fourth-order valence-electron chi connectivity index (χ4n) is 2.56. The topological polar surface area (TPSA) is 24.5 Å². The molecule has 1 aliphatic heterocycles. The summed E-state index contributed by atoms with van der Waals surface area (Å²) in [7, 11) is 3.64. The maximum atomic E-state index is 13.6. The van der Waals surface area contributed by atoms with Crippen LogP contribution in [0.4, 0.5) is 4.39 Å². The Hall–Kier alpha value is -1.13. The Morgan fingerprint density at radius 1 is 1.47 bits per heavy atom. The minimum atomic E-state index is -0.276. The Kier molecular flexibility index (Phi) is 5.16. The van der Waals surface area contributed by atoms with Crippen molar-refractivity contribution in [1.82, 2.24) is 10.2 Å². The first kappa shape index (κ1) is 14.3. The molecule has 0 saturated carbocycles. The molecule has 0 bridgehead atoms. The average Bonchev–Trinajstić information content (AvgIpc) is 2.46. The van der Waals surface area contributed by atoms with Gasteiger partial charge in [-0.25, -0.2) is 4.39 Å². The fourth-order valence-corrected chi connectivity index (χ4v) is 2.56. The lowest BCUT2D eigenvalue weighted by Crippen LogP contribution is -2.44. The minimum Gasteiger partial charge on any atom is -0.494 e. The molecule has 1 aliphatic rings. The third-order valence-electron chi connectivity index (χ3n) is 3.86. The molecule has 19 heavy (non-hydrogen) atoms. The lowest BCUT2D eigenvalue weighted by Gasteiger charge is -2.31. The Balaban J connectivity index is 1.85. The molecule has 1 heterocycles. The van der Waals surface area contributed by atoms with Crippen LogP contribution in [0.3, 0.4) is 0 Å². The van der Waals surface area contributed by atoms with Crippen molar-refractivity contribution >= 4 is 0 Å². The second-order valence-corrected chi connectivity index (χ2v) is 5.20. The highest BCUT2D eigenvalue weighted by atomic mass is 19.1. The normalized spacial score (nSPS) is 19.7. The number of ether oxygens (including phenoxy) is 1. The second-order valence-electron chi connectivity index (χ2n) is 5.20. The molecular formula is C15H23FN2O. The van der Waals surface area contributed by atoms with Crippen molar-refractivity contribution in [2.45, 2.75) is 25.3 Å². The zero-order valence-corrected chi connectivity index (χ0v) is 11.8. The summed E-state index contributed by atoms with van der Waals surface area (Å²) >= 11 is 0. The molecule has 0 radical (unpaired) electrons. The Morgan fingerprint density at radius 3 is 2.95 bits per heavy atom. The van der Waals surface area contributed by atoms with Gasteiger partial charge in [0.15, 0.2) is 11.6 Å². The van der Waals surface area contributed by atoms with Crippen LogP contribution in [-0.2, 0) is 6.42 Å². The average molecular weight is 266 g/mol. The van der Waals surface area contributed by atoms with Gasteiger partial charge in [-0.3, -0.25) is 0 Å². The van der Waals surface area contributed by atoms with Crippen LogP contribution in [0.5, 0.6) is 5.75 Å². The van der Waals surface area contributed by atoms with E-state index in [1.54, 1.807) is 12.1 Å². The van der Waals surface area contributed by atoms with Gasteiger partial charge in [-0.05, 0) is 50.6 Å². The number of hydrogen-bond donors (Lipinski definition) is 1. The Morgan fingerprint density at radius 2 is 2.32 bits per heavy atom. The molecule has 2 rings (SSSR count). The second kappa shape index (κ2) is 6.87. The van der Waals surface area contributed by atoms with Crippen LogP contribution in [0.25, 0.3) is 0 Å². The molecule has 0 spiro atoms. The van der Waals surface area contributed by atoms with Gasteiger partial charge in [0.05, 0.1) is 7.11 Å². The van der Waals surface area contributed by atoms with Crippen LogP contribution in [0.1, 0.15) is 18.4 Å². The number of rotatable bonds is 5. The van der Waals surface area contributed by atoms with Crippen molar-refractivity contribution in [2.24, 2.45) is 0 Å². The van der Waals surface area contributed by atoms with Gasteiger partial charge in [-0.2, -0.15) is 0 Å². The molecule has 1 aromatic rings. The number of hydrogen-bond acceptors (Lipinski definition) is 3. The predicted molar refractivity (Wildman–Crippen MR) is 75.2 cm³/mol. The third-order valence-corrected chi connectivity index (χ3v) is 3.86. The Labute approximate surface area is 114 Å². The summed E-state index contributed by atoms with van der Waals surface area (Å²) in [6, 6.07) is 5.82. The van der Waals surface area contributed by atoms with Gasteiger partial charge < -0.3 is 15.0 Å². The quantitative estimate of drug-likeness (QED) is 0.883. The van der Waals surface area contributed by atoms with E-state index in [9.17, 15) is 4.39 Å². The highest BCUT2D eigenvalue weighted by molar-refractivity contribution is 5.29. The molecule has 4 heteroatoms. The van der Waals surface area contributed by atoms with E-state index < -0.39 is 0 Å². The van der Waals surface area contributed by atoms with Gasteiger partial charge in [-0.15, -0.1) is 0 Å². The number of benzene rings is 1. The third kappa shape index (κ3) is 3.91. The van der Waals surface area contributed by atoms with E-state index >= 15 is 0 Å². The van der Waals surface area contributed by atoms with Crippen LogP contribution in [0, 0.1) is 5.82 Å². The van der Waals surface area contributed by atoms with Crippen LogP contribution in [0.2, 0.25) is 0 Å². The maximum absolute atomic E-state index is 13.6. The van der Waals surface area contributed by atoms with E-state index in [-0.39, 0.29) is 5.82 Å². The Bertz CT molecular complexity index is 405. The van der Waals surface area contributed by atoms with Gasteiger partial charge in [0.1, 0.15) is 0 Å². The molecule has 1 N–H and O–H groups in total. The van der Waals surface area contributed by atoms with E-state index in [1.807, 2.05) is 6.07 Å². The summed E-state index contributed by atoms with van der Waals surface area (Å²) < 4.78 is 18.5. The smallest absolute Gasteiger partial charge is 0.165 e. The lowest BCUT2D eigenvalue weighted by molar-refractivity contribution is 0.205. The molecule has 1 saturated heterocycles. The molecule has 1 fully saturated rings. The molecule has 0 aliphatic carbocycles. The summed E-state index contributed by atoms with van der Waals surface area (Å²) in [5.74, 6) is 0.0376. The molecular weight excluding hydrogens is 243 g/mol. The van der Waals surface area contributed by atoms with Crippen molar-refractivity contribution < 1.29 is 9.13 Å². The highest BCUT2D eigenvalue weighted by Gasteiger charge is 2.17. The maximum Gasteiger partial charge on any atom is 0.165 e. The molecule has 0 amide bonds. The number of nitrogens with one attached hydrogen (secondary N) is 1. The first-order valence-electron chi connectivity index (χ1n) is 6.94. The van der Waals surface area contributed by atoms with E-state index in [0.29, 0.717) is 11.8 Å². The van der Waals surface area contributed by atoms with E-state index in [4.69, 9.17) is 4.74 Å². The van der Waals surface area contributed by atoms with Crippen LogP contribution in [0.15, 0.2) is 18.2 Å². The summed E-state index contributed by atoms with van der Waals surface area (Å²) in [5.41, 5.74) is 1.02. The number of methoxy groups -OCH3 is 1. The minimum absolute atomic E-state index is 0.276. The van der Waals surface area contributed by atoms with Gasteiger partial charge in [0.25, 0.3) is 0 Å². The fraction of sp³-hybridized carbons (Fsp3) is 0.600. The number of nitrogens with zero attached hydrogens (tertiary/aromatic N) is 1. The number of halogens is 1. The number of likely N-dealkylation sites (N-methyl/N-ethyl adjacent to an activating group) is 1. The van der Waals surface area contributed by atoms with Crippen molar-refractivity contribution in [3.8, 4) is 5.75 Å². The molecule has 1 atom stereocenters. The number of piperidine rings is 1. The van der Waals surface area contributed by atoms with E-state index in [1.165, 1.54) is 20.0 Å². The standard InChI is InChI=1S/C15H23FN2O/c1-18(13-4-3-8-17-11-13)9-7-12-5-6-15(19-2)14(16)10-12/h5-6,10,13,17H,3-4,7-9,11H2,1-2H3. The molecule has 1 aromatic carbocycles. The lowest BCUT2D eigenvalue weighted by atomic mass is 10.1. The van der Waals surface area contributed by atoms with Crippen LogP contribution < -0.4 is 10.1 Å². The predicted octanol–water partition coefficient (Wildman–Crippen LogP) is 2.06.